The molecule has 2 N–H and O–H groups in total. The standard InChI is InChI=1S/C48H92N4O6S2/c1-7-9-11-13-15-17-19-21-23-25-27-33-47(51(55)45(3,4)41-57-47)35-29-31-43(53)49-37-39-59-60-40-38-50-44(54)32-30-36-48(52(56)46(5,6)42-58-48)34-28-26-24-22-20-18-16-14-12-10-8-2/h7-42H2,1-6H3,(H,49,53)(H,50,54)/t47-,48-/m0/s1. The number of rotatable bonds is 39. The predicted molar refractivity (Wildman–Crippen MR) is 251 cm³/mol. The summed E-state index contributed by atoms with van der Waals surface area (Å²) >= 11 is 0. The summed E-state index contributed by atoms with van der Waals surface area (Å²) in [6.45, 7) is 14.3. The summed E-state index contributed by atoms with van der Waals surface area (Å²) in [6, 6.07) is 0. The number of hydroxylamine groups is 4. The Bertz CT molecular complexity index is 1030. The second-order valence-corrected chi connectivity index (χ2v) is 22.0. The van der Waals surface area contributed by atoms with Gasteiger partial charge in [0.05, 0.1) is 24.3 Å². The van der Waals surface area contributed by atoms with Crippen molar-refractivity contribution >= 4 is 33.4 Å². The third-order valence-electron chi connectivity index (χ3n) is 12.6. The van der Waals surface area contributed by atoms with E-state index in [2.05, 4.69) is 24.5 Å². The topological polar surface area (TPSA) is 123 Å². The molecule has 0 spiro atoms. The third-order valence-corrected chi connectivity index (χ3v) is 15.0. The van der Waals surface area contributed by atoms with E-state index >= 15 is 0 Å². The second-order valence-electron chi connectivity index (χ2n) is 19.3. The SMILES string of the molecule is CCCCCCCCCCCCC[C@@]1(CCCC(=O)NCCSSCCNC(=O)CCC[C@]2(CCCCCCCCCCCCC)OCC(C)(C)N2[O])OCC(C)(C)N1[O]. The van der Waals surface area contributed by atoms with Gasteiger partial charge in [0.2, 0.25) is 11.8 Å². The van der Waals surface area contributed by atoms with Crippen molar-refractivity contribution in [1.82, 2.24) is 20.8 Å². The van der Waals surface area contributed by atoms with E-state index in [9.17, 15) is 20.0 Å². The third kappa shape index (κ3) is 22.3. The summed E-state index contributed by atoms with van der Waals surface area (Å²) in [5, 5.41) is 35.2. The largest absolute Gasteiger partial charge is 0.356 e. The van der Waals surface area contributed by atoms with Crippen LogP contribution in [0.3, 0.4) is 0 Å². The summed E-state index contributed by atoms with van der Waals surface area (Å²) in [6.07, 6.45) is 32.5. The molecular formula is C48H92N4O6S2. The lowest BCUT2D eigenvalue weighted by Crippen LogP contribution is -2.49. The van der Waals surface area contributed by atoms with Crippen LogP contribution >= 0.6 is 21.6 Å². The molecule has 2 atom stereocenters. The number of ether oxygens (including phenoxy) is 2. The van der Waals surface area contributed by atoms with Gasteiger partial charge in [-0.2, -0.15) is 0 Å². The first-order valence-electron chi connectivity index (χ1n) is 24.8. The molecule has 352 valence electrons. The molecule has 0 saturated carbocycles. The van der Waals surface area contributed by atoms with Gasteiger partial charge in [-0.1, -0.05) is 164 Å². The average Bonchev–Trinajstić information content (AvgIpc) is 3.58. The van der Waals surface area contributed by atoms with Gasteiger partial charge in [-0.3, -0.25) is 9.59 Å². The molecule has 12 heteroatoms. The lowest BCUT2D eigenvalue weighted by Gasteiger charge is -2.35. The van der Waals surface area contributed by atoms with Gasteiger partial charge in [-0.05, 0) is 79.1 Å². The molecule has 60 heavy (non-hydrogen) atoms. The first kappa shape index (κ1) is 55.5. The normalized spacial score (nSPS) is 21.5. The maximum absolute atomic E-state index is 13.4. The van der Waals surface area contributed by atoms with Crippen LogP contribution in [0, 0.1) is 0 Å². The number of nitrogens with zero attached hydrogens (tertiary/aromatic N) is 2. The van der Waals surface area contributed by atoms with Crippen molar-refractivity contribution in [1.29, 1.82) is 0 Å². The molecule has 0 unspecified atom stereocenters. The summed E-state index contributed by atoms with van der Waals surface area (Å²) in [7, 11) is 3.38. The fourth-order valence-corrected chi connectivity index (χ4v) is 10.7. The molecule has 2 heterocycles. The zero-order chi connectivity index (χ0) is 44.0. The number of hydrogen-bond acceptors (Lipinski definition) is 8. The molecule has 2 fully saturated rings. The van der Waals surface area contributed by atoms with Crippen molar-refractivity contribution in [3.63, 3.8) is 0 Å². The summed E-state index contributed by atoms with van der Waals surface area (Å²) in [4.78, 5) is 25.3. The van der Waals surface area contributed by atoms with Gasteiger partial charge in [-0.15, -0.1) is 20.5 Å². The van der Waals surface area contributed by atoms with Crippen molar-refractivity contribution < 1.29 is 29.5 Å². The lowest BCUT2D eigenvalue weighted by atomic mass is 9.95. The Morgan fingerprint density at radius 1 is 0.467 bits per heavy atom. The zero-order valence-electron chi connectivity index (χ0n) is 39.6. The molecule has 2 rings (SSSR count). The highest BCUT2D eigenvalue weighted by molar-refractivity contribution is 8.76. The Labute approximate surface area is 376 Å². The van der Waals surface area contributed by atoms with Crippen LogP contribution in [-0.4, -0.2) is 82.3 Å². The lowest BCUT2D eigenvalue weighted by molar-refractivity contribution is -0.296. The highest BCUT2D eigenvalue weighted by atomic mass is 33.1. The Morgan fingerprint density at radius 3 is 1.03 bits per heavy atom. The monoisotopic (exact) mass is 885 g/mol. The van der Waals surface area contributed by atoms with Gasteiger partial charge in [-0.25, -0.2) is 0 Å². The van der Waals surface area contributed by atoms with Gasteiger partial charge in [0.15, 0.2) is 0 Å². The van der Waals surface area contributed by atoms with Gasteiger partial charge >= 0.3 is 0 Å². The van der Waals surface area contributed by atoms with E-state index in [1.807, 2.05) is 27.7 Å². The molecule has 2 radical (unpaired) electrons. The molecular weight excluding hydrogens is 793 g/mol. The smallest absolute Gasteiger partial charge is 0.220 e. The van der Waals surface area contributed by atoms with Crippen LogP contribution in [0.15, 0.2) is 0 Å². The maximum atomic E-state index is 13.4. The highest BCUT2D eigenvalue weighted by Gasteiger charge is 2.53. The average molecular weight is 885 g/mol. The minimum atomic E-state index is -0.821. The fraction of sp³-hybridized carbons (Fsp3) is 0.958. The van der Waals surface area contributed by atoms with Crippen molar-refractivity contribution in [3.8, 4) is 0 Å². The quantitative estimate of drug-likeness (QED) is 0.0462. The Balaban J connectivity index is 1.54. The van der Waals surface area contributed by atoms with Gasteiger partial charge in [0.25, 0.3) is 0 Å². The summed E-state index contributed by atoms with van der Waals surface area (Å²) < 4.78 is 12.4. The summed E-state index contributed by atoms with van der Waals surface area (Å²) in [5.74, 6) is 1.59. The molecule has 0 aromatic carbocycles. The zero-order valence-corrected chi connectivity index (χ0v) is 41.2. The molecule has 0 aliphatic carbocycles. The minimum Gasteiger partial charge on any atom is -0.356 e. The van der Waals surface area contributed by atoms with E-state index < -0.39 is 22.5 Å². The van der Waals surface area contributed by atoms with Gasteiger partial charge < -0.3 is 20.1 Å². The second kappa shape index (κ2) is 32.1. The van der Waals surface area contributed by atoms with Crippen LogP contribution in [0.25, 0.3) is 0 Å². The Hall–Kier alpha value is -0.600. The van der Waals surface area contributed by atoms with E-state index in [0.29, 0.717) is 64.8 Å². The molecule has 2 saturated heterocycles. The van der Waals surface area contributed by atoms with E-state index in [0.717, 1.165) is 50.0 Å². The molecule has 0 aromatic heterocycles. The molecule has 2 amide bonds. The molecule has 2 aliphatic rings. The molecule has 10 nitrogen and oxygen atoms in total. The van der Waals surface area contributed by atoms with Crippen LogP contribution in [-0.2, 0) is 29.5 Å². The van der Waals surface area contributed by atoms with E-state index in [4.69, 9.17) is 9.47 Å². The maximum Gasteiger partial charge on any atom is 0.220 e. The number of nitrogens with one attached hydrogen (secondary N) is 2. The van der Waals surface area contributed by atoms with Crippen LogP contribution < -0.4 is 10.6 Å². The first-order valence-corrected chi connectivity index (χ1v) is 27.3. The van der Waals surface area contributed by atoms with Crippen molar-refractivity contribution in [2.45, 2.75) is 257 Å². The fourth-order valence-electron chi connectivity index (χ4n) is 8.84. The minimum absolute atomic E-state index is 0.0136. The molecule has 0 bridgehead atoms. The van der Waals surface area contributed by atoms with E-state index in [1.165, 1.54) is 126 Å². The first-order chi connectivity index (χ1) is 28.8. The number of carbonyl (C=O) groups excluding carboxylic acids is 2. The van der Waals surface area contributed by atoms with Crippen molar-refractivity contribution in [2.75, 3.05) is 37.8 Å². The van der Waals surface area contributed by atoms with Crippen molar-refractivity contribution in [2.24, 2.45) is 0 Å². The number of carbonyl (C=O) groups is 2. The predicted octanol–water partition coefficient (Wildman–Crippen LogP) is 12.6. The van der Waals surface area contributed by atoms with E-state index in [1.54, 1.807) is 21.6 Å². The van der Waals surface area contributed by atoms with E-state index in [-0.39, 0.29) is 11.8 Å². The van der Waals surface area contributed by atoms with Crippen LogP contribution in [0.5, 0.6) is 0 Å². The van der Waals surface area contributed by atoms with Crippen LogP contribution in [0.2, 0.25) is 0 Å². The number of amides is 2. The van der Waals surface area contributed by atoms with Gasteiger partial charge in [0, 0.05) is 37.4 Å². The number of unbranched alkanes of at least 4 members (excludes halogenated alkanes) is 20. The van der Waals surface area contributed by atoms with Crippen LogP contribution in [0.4, 0.5) is 0 Å². The van der Waals surface area contributed by atoms with Gasteiger partial charge in [0.1, 0.15) is 11.4 Å². The van der Waals surface area contributed by atoms with Crippen molar-refractivity contribution in [3.05, 3.63) is 0 Å². The van der Waals surface area contributed by atoms with Crippen LogP contribution in [0.1, 0.15) is 234 Å². The molecule has 2 aliphatic heterocycles. The molecule has 0 aromatic rings. The number of hydrogen-bond donors (Lipinski definition) is 2. The Morgan fingerprint density at radius 2 is 0.750 bits per heavy atom. The summed E-state index contributed by atoms with van der Waals surface area (Å²) in [5.41, 5.74) is -2.73. The highest BCUT2D eigenvalue weighted by Crippen LogP contribution is 2.42. The Kier molecular flexibility index (Phi) is 29.7.